The summed E-state index contributed by atoms with van der Waals surface area (Å²) in [5.41, 5.74) is 2.12. The molecule has 0 radical (unpaired) electrons. The van der Waals surface area contributed by atoms with E-state index in [1.165, 1.54) is 18.2 Å². The van der Waals surface area contributed by atoms with Crippen LogP contribution in [0.1, 0.15) is 0 Å². The molecule has 1 heterocycles. The van der Waals surface area contributed by atoms with E-state index in [-0.39, 0.29) is 16.8 Å². The molecule has 0 unspecified atom stereocenters. The summed E-state index contributed by atoms with van der Waals surface area (Å²) in [5, 5.41) is 107. The molecule has 0 bridgehead atoms. The standard InChI is InChI=1S/C36H24BrNO10/c37-22-7-3-1-5-19(22)15-9-10-21-20-6-2-4-8-23(20)38(24(21)14-15)18-12-16(25-27(39)31(43)35(47)32(44)28(25)40)11-17(13-18)26-29(41)33(45)36(48)34(46)30(26)42/h1-14,39-48H. The molecule has 0 fully saturated rings. The molecule has 10 N–H and O–H groups in total. The molecule has 0 atom stereocenters. The van der Waals surface area contributed by atoms with Crippen molar-refractivity contribution in [2.45, 2.75) is 0 Å². The molecular weight excluding hydrogens is 686 g/mol. The molecule has 0 aliphatic rings. The minimum Gasteiger partial charge on any atom is -0.504 e. The number of hydrogen-bond acceptors (Lipinski definition) is 10. The predicted molar refractivity (Wildman–Crippen MR) is 181 cm³/mol. The van der Waals surface area contributed by atoms with Gasteiger partial charge < -0.3 is 55.6 Å². The van der Waals surface area contributed by atoms with Gasteiger partial charge in [0.1, 0.15) is 0 Å². The summed E-state index contributed by atoms with van der Waals surface area (Å²) in [6, 6.07) is 25.1. The van der Waals surface area contributed by atoms with E-state index in [0.29, 0.717) is 11.0 Å². The highest BCUT2D eigenvalue weighted by Crippen LogP contribution is 2.58. The van der Waals surface area contributed by atoms with E-state index in [0.717, 1.165) is 26.4 Å². The van der Waals surface area contributed by atoms with Gasteiger partial charge >= 0.3 is 0 Å². The van der Waals surface area contributed by atoms with Gasteiger partial charge in [-0.15, -0.1) is 0 Å². The van der Waals surface area contributed by atoms with E-state index >= 15 is 0 Å². The molecule has 48 heavy (non-hydrogen) atoms. The third kappa shape index (κ3) is 4.34. The van der Waals surface area contributed by atoms with Crippen LogP contribution in [-0.2, 0) is 0 Å². The van der Waals surface area contributed by atoms with E-state index < -0.39 is 68.6 Å². The van der Waals surface area contributed by atoms with Crippen LogP contribution in [0.5, 0.6) is 57.5 Å². The van der Waals surface area contributed by atoms with Crippen molar-refractivity contribution in [2.24, 2.45) is 0 Å². The second kappa shape index (κ2) is 10.9. The van der Waals surface area contributed by atoms with Crippen molar-refractivity contribution >= 4 is 37.7 Å². The Morgan fingerprint density at radius 2 is 0.854 bits per heavy atom. The van der Waals surface area contributed by atoms with Crippen molar-refractivity contribution in [1.82, 2.24) is 4.57 Å². The minimum atomic E-state index is -1.17. The first-order chi connectivity index (χ1) is 22.9. The summed E-state index contributed by atoms with van der Waals surface area (Å²) in [5.74, 6) is -10.9. The topological polar surface area (TPSA) is 207 Å². The van der Waals surface area contributed by atoms with Crippen LogP contribution in [-0.4, -0.2) is 55.6 Å². The number of phenolic OH excluding ortho intramolecular Hbond substituents is 10. The molecular formula is C36H24BrNO10. The number of para-hydroxylation sites is 1. The number of fused-ring (bicyclic) bond motifs is 3. The van der Waals surface area contributed by atoms with Crippen LogP contribution >= 0.6 is 15.9 Å². The van der Waals surface area contributed by atoms with Crippen molar-refractivity contribution in [2.75, 3.05) is 0 Å². The number of hydrogen-bond donors (Lipinski definition) is 10. The van der Waals surface area contributed by atoms with Gasteiger partial charge in [-0.25, -0.2) is 0 Å². The number of halogens is 1. The van der Waals surface area contributed by atoms with E-state index in [1.807, 2.05) is 71.3 Å². The summed E-state index contributed by atoms with van der Waals surface area (Å²) >= 11 is 3.61. The van der Waals surface area contributed by atoms with Gasteiger partial charge in [0.2, 0.25) is 34.5 Å². The van der Waals surface area contributed by atoms with Crippen LogP contribution in [0.3, 0.4) is 0 Å². The molecule has 0 amide bonds. The normalized spacial score (nSPS) is 11.4. The predicted octanol–water partition coefficient (Wildman–Crippen LogP) is 7.60. The lowest BCUT2D eigenvalue weighted by molar-refractivity contribution is 0.330. The van der Waals surface area contributed by atoms with Crippen molar-refractivity contribution in [3.05, 3.63) is 89.4 Å². The van der Waals surface area contributed by atoms with Crippen molar-refractivity contribution in [1.29, 1.82) is 0 Å². The Morgan fingerprint density at radius 1 is 0.396 bits per heavy atom. The molecule has 7 aromatic rings. The smallest absolute Gasteiger partial charge is 0.208 e. The van der Waals surface area contributed by atoms with Crippen LogP contribution in [0.4, 0.5) is 0 Å². The first-order valence-electron chi connectivity index (χ1n) is 14.2. The highest BCUT2D eigenvalue weighted by atomic mass is 79.9. The fraction of sp³-hybridized carbons (Fsp3) is 0. The highest BCUT2D eigenvalue weighted by molar-refractivity contribution is 9.10. The fourth-order valence-corrected chi connectivity index (χ4v) is 6.57. The molecule has 0 spiro atoms. The molecule has 6 aromatic carbocycles. The summed E-state index contributed by atoms with van der Waals surface area (Å²) < 4.78 is 2.67. The monoisotopic (exact) mass is 709 g/mol. The van der Waals surface area contributed by atoms with E-state index in [9.17, 15) is 51.1 Å². The number of aromatic nitrogens is 1. The quantitative estimate of drug-likeness (QED) is 0.0639. The third-order valence-electron chi connectivity index (χ3n) is 8.35. The molecule has 11 nitrogen and oxygen atoms in total. The Morgan fingerprint density at radius 3 is 1.40 bits per heavy atom. The lowest BCUT2D eigenvalue weighted by atomic mass is 9.94. The van der Waals surface area contributed by atoms with E-state index in [4.69, 9.17) is 0 Å². The molecule has 0 saturated heterocycles. The Bertz CT molecular complexity index is 2340. The number of rotatable bonds is 4. The van der Waals surface area contributed by atoms with Crippen LogP contribution in [0.2, 0.25) is 0 Å². The van der Waals surface area contributed by atoms with Crippen LogP contribution < -0.4 is 0 Å². The van der Waals surface area contributed by atoms with Gasteiger partial charge in [0.25, 0.3) is 0 Å². The Labute approximate surface area is 278 Å². The van der Waals surface area contributed by atoms with Crippen LogP contribution in [0, 0.1) is 0 Å². The van der Waals surface area contributed by atoms with Gasteiger partial charge in [-0.3, -0.25) is 0 Å². The largest absolute Gasteiger partial charge is 0.504 e. The zero-order chi connectivity index (χ0) is 34.2. The molecule has 0 aliphatic heterocycles. The maximum absolute atomic E-state index is 10.9. The Balaban J connectivity index is 1.63. The number of phenols is 10. The highest BCUT2D eigenvalue weighted by Gasteiger charge is 2.28. The van der Waals surface area contributed by atoms with Gasteiger partial charge in [-0.2, -0.15) is 0 Å². The Kier molecular flexibility index (Phi) is 6.84. The second-order valence-electron chi connectivity index (χ2n) is 11.1. The lowest BCUT2D eigenvalue weighted by Gasteiger charge is -2.18. The molecule has 1 aromatic heterocycles. The summed E-state index contributed by atoms with van der Waals surface area (Å²) in [4.78, 5) is 0. The molecule has 0 saturated carbocycles. The summed E-state index contributed by atoms with van der Waals surface area (Å²) in [6.45, 7) is 0. The molecule has 7 rings (SSSR count). The third-order valence-corrected chi connectivity index (χ3v) is 9.05. The average Bonchev–Trinajstić information content (AvgIpc) is 3.42. The summed E-state index contributed by atoms with van der Waals surface area (Å²) in [6.07, 6.45) is 0. The molecule has 12 heteroatoms. The zero-order valence-electron chi connectivity index (χ0n) is 24.4. The summed E-state index contributed by atoms with van der Waals surface area (Å²) in [7, 11) is 0. The van der Waals surface area contributed by atoms with Crippen molar-refractivity contribution in [3.63, 3.8) is 0 Å². The minimum absolute atomic E-state index is 0.109. The zero-order valence-corrected chi connectivity index (χ0v) is 26.0. The van der Waals surface area contributed by atoms with Crippen molar-refractivity contribution < 1.29 is 51.1 Å². The molecule has 240 valence electrons. The molecule has 0 aliphatic carbocycles. The van der Waals surface area contributed by atoms with Crippen LogP contribution in [0.15, 0.2) is 89.4 Å². The first-order valence-corrected chi connectivity index (χ1v) is 15.0. The lowest BCUT2D eigenvalue weighted by Crippen LogP contribution is -1.97. The Hall–Kier alpha value is -6.40. The average molecular weight is 710 g/mol. The van der Waals surface area contributed by atoms with E-state index in [1.54, 1.807) is 0 Å². The van der Waals surface area contributed by atoms with Gasteiger partial charge in [0.05, 0.1) is 22.2 Å². The van der Waals surface area contributed by atoms with E-state index in [2.05, 4.69) is 15.9 Å². The number of aromatic hydroxyl groups is 10. The van der Waals surface area contributed by atoms with Gasteiger partial charge in [0, 0.05) is 20.9 Å². The fourth-order valence-electron chi connectivity index (χ4n) is 6.06. The maximum atomic E-state index is 10.9. The van der Waals surface area contributed by atoms with Gasteiger partial charge in [-0.1, -0.05) is 64.5 Å². The van der Waals surface area contributed by atoms with Crippen molar-refractivity contribution in [3.8, 4) is 96.6 Å². The SMILES string of the molecule is Oc1c(O)c(O)c(-c2cc(-c3c(O)c(O)c(O)c(O)c3O)cc(-n3c4ccccc4c4ccc(-c5ccccc5Br)cc43)c2)c(O)c1O. The van der Waals surface area contributed by atoms with Gasteiger partial charge in [-0.05, 0) is 58.7 Å². The number of nitrogens with zero attached hydrogens (tertiary/aromatic N) is 1. The van der Waals surface area contributed by atoms with Crippen LogP contribution in [0.25, 0.3) is 60.9 Å². The second-order valence-corrected chi connectivity index (χ2v) is 11.9. The number of benzene rings is 6. The maximum Gasteiger partial charge on any atom is 0.208 e. The van der Waals surface area contributed by atoms with Gasteiger partial charge in [0.15, 0.2) is 23.0 Å². The first kappa shape index (κ1) is 30.3.